The second-order valence-corrected chi connectivity index (χ2v) is 5.80. The van der Waals surface area contributed by atoms with Gasteiger partial charge < -0.3 is 9.64 Å². The topological polar surface area (TPSA) is 70.7 Å². The molecule has 0 fully saturated rings. The molecule has 25 heavy (non-hydrogen) atoms. The van der Waals surface area contributed by atoms with Gasteiger partial charge in [0.2, 0.25) is 0 Å². The molecule has 2 amide bonds. The van der Waals surface area contributed by atoms with Crippen LogP contribution in [0.15, 0.2) is 48.5 Å². The summed E-state index contributed by atoms with van der Waals surface area (Å²) in [5.41, 5.74) is 6.80. The summed E-state index contributed by atoms with van der Waals surface area (Å²) in [5, 5.41) is 0. The summed E-state index contributed by atoms with van der Waals surface area (Å²) < 4.78 is 5.33. The molecule has 0 spiro atoms. The third kappa shape index (κ3) is 5.61. The number of amides is 2. The van der Waals surface area contributed by atoms with Gasteiger partial charge in [0.05, 0.1) is 6.61 Å². The molecule has 2 rings (SSSR count). The van der Waals surface area contributed by atoms with E-state index >= 15 is 0 Å². The summed E-state index contributed by atoms with van der Waals surface area (Å²) in [6.45, 7) is 3.19. The van der Waals surface area contributed by atoms with Gasteiger partial charge in [-0.1, -0.05) is 12.1 Å². The van der Waals surface area contributed by atoms with E-state index in [-0.39, 0.29) is 11.8 Å². The summed E-state index contributed by atoms with van der Waals surface area (Å²) in [5.74, 6) is -0.0541. The van der Waals surface area contributed by atoms with Gasteiger partial charge in [0.15, 0.2) is 0 Å². The van der Waals surface area contributed by atoms with Gasteiger partial charge >= 0.3 is 0 Å². The van der Waals surface area contributed by atoms with Crippen LogP contribution in [0.2, 0.25) is 0 Å². The van der Waals surface area contributed by atoms with Crippen molar-refractivity contribution in [2.24, 2.45) is 0 Å². The molecule has 132 valence electrons. The molecule has 0 radical (unpaired) electrons. The van der Waals surface area contributed by atoms with E-state index in [1.54, 1.807) is 36.4 Å². The van der Waals surface area contributed by atoms with Crippen LogP contribution in [0, 0.1) is 0 Å². The Morgan fingerprint density at radius 3 is 2.20 bits per heavy atom. The number of hydrazine groups is 1. The van der Waals surface area contributed by atoms with Crippen LogP contribution >= 0.6 is 0 Å². The number of nitrogens with zero attached hydrogens (tertiary/aromatic N) is 1. The van der Waals surface area contributed by atoms with Crippen molar-refractivity contribution in [1.82, 2.24) is 15.8 Å². The molecule has 0 heterocycles. The third-order valence-electron chi connectivity index (χ3n) is 3.41. The normalized spacial score (nSPS) is 10.4. The minimum atomic E-state index is -0.388. The monoisotopic (exact) mass is 341 g/mol. The number of carbonyl (C=O) groups excluding carboxylic acids is 2. The van der Waals surface area contributed by atoms with Crippen molar-refractivity contribution < 1.29 is 14.3 Å². The van der Waals surface area contributed by atoms with Gasteiger partial charge in [0, 0.05) is 17.7 Å². The van der Waals surface area contributed by atoms with E-state index in [4.69, 9.17) is 4.74 Å². The van der Waals surface area contributed by atoms with Crippen LogP contribution in [0.25, 0.3) is 0 Å². The van der Waals surface area contributed by atoms with Crippen LogP contribution in [0.1, 0.15) is 33.2 Å². The Bertz CT molecular complexity index is 727. The van der Waals surface area contributed by atoms with Gasteiger partial charge in [-0.2, -0.15) is 0 Å². The lowest BCUT2D eigenvalue weighted by Crippen LogP contribution is -2.41. The number of rotatable bonds is 6. The zero-order valence-corrected chi connectivity index (χ0v) is 14.7. The first-order valence-corrected chi connectivity index (χ1v) is 8.07. The number of nitrogens with one attached hydrogen (secondary N) is 2. The average Bonchev–Trinajstić information content (AvgIpc) is 2.60. The van der Waals surface area contributed by atoms with E-state index in [1.807, 2.05) is 38.1 Å². The Balaban J connectivity index is 1.93. The lowest BCUT2D eigenvalue weighted by molar-refractivity contribution is 0.0846. The van der Waals surface area contributed by atoms with E-state index in [0.29, 0.717) is 23.5 Å². The van der Waals surface area contributed by atoms with Crippen LogP contribution in [-0.4, -0.2) is 37.4 Å². The number of hydrogen-bond acceptors (Lipinski definition) is 4. The maximum Gasteiger partial charge on any atom is 0.269 e. The first kappa shape index (κ1) is 18.5. The van der Waals surface area contributed by atoms with Crippen molar-refractivity contribution in [3.05, 3.63) is 65.2 Å². The molecule has 6 nitrogen and oxygen atoms in total. The Kier molecular flexibility index (Phi) is 6.54. The molecular weight excluding hydrogens is 318 g/mol. The number of hydrogen-bond donors (Lipinski definition) is 2. The van der Waals surface area contributed by atoms with Gasteiger partial charge in [-0.05, 0) is 63.0 Å². The van der Waals surface area contributed by atoms with E-state index in [1.165, 1.54) is 0 Å². The first-order valence-electron chi connectivity index (χ1n) is 8.07. The van der Waals surface area contributed by atoms with Gasteiger partial charge in [-0.25, -0.2) is 0 Å². The number of carbonyl (C=O) groups is 2. The van der Waals surface area contributed by atoms with Crippen molar-refractivity contribution >= 4 is 11.8 Å². The Labute approximate surface area is 147 Å². The van der Waals surface area contributed by atoms with Crippen molar-refractivity contribution in [3.63, 3.8) is 0 Å². The highest BCUT2D eigenvalue weighted by molar-refractivity contribution is 5.99. The molecule has 0 bridgehead atoms. The van der Waals surface area contributed by atoms with Crippen LogP contribution in [0.5, 0.6) is 5.75 Å². The Morgan fingerprint density at radius 1 is 0.960 bits per heavy atom. The zero-order chi connectivity index (χ0) is 18.2. The quantitative estimate of drug-likeness (QED) is 0.791. The first-order chi connectivity index (χ1) is 12.0. The summed E-state index contributed by atoms with van der Waals surface area (Å²) in [7, 11) is 3.92. The van der Waals surface area contributed by atoms with Crippen LogP contribution in [-0.2, 0) is 6.54 Å². The van der Waals surface area contributed by atoms with Gasteiger partial charge in [-0.3, -0.25) is 20.4 Å². The van der Waals surface area contributed by atoms with Crippen LogP contribution in [0.4, 0.5) is 0 Å². The number of ether oxygens (including phenoxy) is 1. The fourth-order valence-electron chi connectivity index (χ4n) is 2.30. The highest BCUT2D eigenvalue weighted by Gasteiger charge is 2.10. The maximum absolute atomic E-state index is 12.2. The maximum atomic E-state index is 12.2. The van der Waals surface area contributed by atoms with Crippen molar-refractivity contribution in [1.29, 1.82) is 0 Å². The molecule has 2 aromatic rings. The van der Waals surface area contributed by atoms with E-state index < -0.39 is 0 Å². The summed E-state index contributed by atoms with van der Waals surface area (Å²) in [4.78, 5) is 26.3. The lowest BCUT2D eigenvalue weighted by atomic mass is 10.1. The van der Waals surface area contributed by atoms with E-state index in [0.717, 1.165) is 12.1 Å². The molecule has 6 heteroatoms. The second kappa shape index (κ2) is 8.84. The summed E-state index contributed by atoms with van der Waals surface area (Å²) >= 11 is 0. The largest absolute Gasteiger partial charge is 0.494 e. The summed E-state index contributed by atoms with van der Waals surface area (Å²) in [6, 6.07) is 14.0. The van der Waals surface area contributed by atoms with Gasteiger partial charge in [-0.15, -0.1) is 0 Å². The Morgan fingerprint density at radius 2 is 1.60 bits per heavy atom. The fourth-order valence-corrected chi connectivity index (χ4v) is 2.30. The molecule has 0 saturated carbocycles. The van der Waals surface area contributed by atoms with Crippen LogP contribution < -0.4 is 15.6 Å². The highest BCUT2D eigenvalue weighted by Crippen LogP contribution is 2.12. The molecule has 0 saturated heterocycles. The predicted octanol–water partition coefficient (Wildman–Crippen LogP) is 2.22. The average molecular weight is 341 g/mol. The summed E-state index contributed by atoms with van der Waals surface area (Å²) in [6.07, 6.45) is 0. The standard InChI is InChI=1S/C19H23N3O3/c1-4-25-17-10-8-15(9-11-17)18(23)20-21-19(24)16-7-5-6-14(12-16)13-22(2)3/h5-12H,4,13H2,1-3H3,(H,20,23)(H,21,24). The van der Waals surface area contributed by atoms with Crippen molar-refractivity contribution in [2.45, 2.75) is 13.5 Å². The smallest absolute Gasteiger partial charge is 0.269 e. The minimum Gasteiger partial charge on any atom is -0.494 e. The fraction of sp³-hybridized carbons (Fsp3) is 0.263. The lowest BCUT2D eigenvalue weighted by Gasteiger charge is -2.11. The third-order valence-corrected chi connectivity index (χ3v) is 3.41. The van der Waals surface area contributed by atoms with Crippen molar-refractivity contribution in [3.8, 4) is 5.75 Å². The SMILES string of the molecule is CCOc1ccc(C(=O)NNC(=O)c2cccc(CN(C)C)c2)cc1. The second-order valence-electron chi connectivity index (χ2n) is 5.80. The number of benzene rings is 2. The highest BCUT2D eigenvalue weighted by atomic mass is 16.5. The van der Waals surface area contributed by atoms with E-state index in [2.05, 4.69) is 10.9 Å². The van der Waals surface area contributed by atoms with Crippen LogP contribution in [0.3, 0.4) is 0 Å². The van der Waals surface area contributed by atoms with E-state index in [9.17, 15) is 9.59 Å². The molecule has 2 aromatic carbocycles. The van der Waals surface area contributed by atoms with Gasteiger partial charge in [0.25, 0.3) is 11.8 Å². The molecular formula is C19H23N3O3. The molecule has 0 aliphatic rings. The Hall–Kier alpha value is -2.86. The predicted molar refractivity (Wildman–Crippen MR) is 96.4 cm³/mol. The van der Waals surface area contributed by atoms with Gasteiger partial charge in [0.1, 0.15) is 5.75 Å². The molecule has 0 aromatic heterocycles. The molecule has 2 N–H and O–H groups in total. The zero-order valence-electron chi connectivity index (χ0n) is 14.7. The molecule has 0 aliphatic carbocycles. The minimum absolute atomic E-state index is 0.361. The molecule has 0 aliphatic heterocycles. The van der Waals surface area contributed by atoms with Crippen molar-refractivity contribution in [2.75, 3.05) is 20.7 Å². The molecule has 0 unspecified atom stereocenters. The molecule has 0 atom stereocenters.